The number of rotatable bonds is 7. The third-order valence-electron chi connectivity index (χ3n) is 3.26. The Bertz CT molecular complexity index is 754. The van der Waals surface area contributed by atoms with Crippen molar-refractivity contribution in [2.75, 3.05) is 30.9 Å². The van der Waals surface area contributed by atoms with Gasteiger partial charge in [0.1, 0.15) is 5.82 Å². The van der Waals surface area contributed by atoms with Crippen LogP contribution in [0.4, 0.5) is 24.7 Å². The Morgan fingerprint density at radius 3 is 2.62 bits per heavy atom. The Morgan fingerprint density at radius 1 is 1.23 bits per heavy atom. The van der Waals surface area contributed by atoms with Gasteiger partial charge < -0.3 is 15.4 Å². The first-order valence-corrected chi connectivity index (χ1v) is 7.93. The van der Waals surface area contributed by atoms with E-state index in [4.69, 9.17) is 16.3 Å². The fraction of sp³-hybridized carbons (Fsp3) is 0.312. The number of ether oxygens (including phenoxy) is 1. The second kappa shape index (κ2) is 8.81. The molecule has 6 nitrogen and oxygen atoms in total. The number of methoxy groups -OCH3 is 1. The lowest BCUT2D eigenvalue weighted by atomic mass is 10.2. The van der Waals surface area contributed by atoms with Crippen molar-refractivity contribution in [1.29, 1.82) is 0 Å². The molecule has 1 aromatic heterocycles. The highest BCUT2D eigenvalue weighted by Crippen LogP contribution is 2.36. The van der Waals surface area contributed by atoms with E-state index in [-0.39, 0.29) is 11.4 Å². The first kappa shape index (κ1) is 19.9. The fourth-order valence-corrected chi connectivity index (χ4v) is 2.22. The Balaban J connectivity index is 2.01. The van der Waals surface area contributed by atoms with Gasteiger partial charge in [0.15, 0.2) is 5.69 Å². The molecule has 0 saturated heterocycles. The number of benzene rings is 1. The zero-order valence-electron chi connectivity index (χ0n) is 13.7. The van der Waals surface area contributed by atoms with Crippen LogP contribution in [0.3, 0.4) is 0 Å². The minimum atomic E-state index is -4.62. The van der Waals surface area contributed by atoms with Gasteiger partial charge in [-0.25, -0.2) is 0 Å². The second-order valence-corrected chi connectivity index (χ2v) is 5.63. The van der Waals surface area contributed by atoms with Crippen molar-refractivity contribution >= 4 is 29.0 Å². The maximum atomic E-state index is 12.8. The molecule has 0 aliphatic carbocycles. The molecule has 10 heteroatoms. The molecule has 0 atom stereocenters. The summed E-state index contributed by atoms with van der Waals surface area (Å²) >= 11 is 5.54. The first-order chi connectivity index (χ1) is 12.3. The van der Waals surface area contributed by atoms with Gasteiger partial charge in [0.2, 0.25) is 0 Å². The molecule has 0 aliphatic rings. The lowest BCUT2D eigenvalue weighted by molar-refractivity contribution is -0.137. The standard InChI is InChI=1S/C16H16ClF3N4O2/c1-26-8-2-7-21-14-6-5-13(23-24-14)15(25)22-10-3-4-12(17)11(9-10)16(18,19)20/h3-6,9H,2,7-8H2,1H3,(H,21,24)(H,22,25). The monoisotopic (exact) mass is 388 g/mol. The number of anilines is 2. The first-order valence-electron chi connectivity index (χ1n) is 7.56. The van der Waals surface area contributed by atoms with Crippen molar-refractivity contribution in [2.45, 2.75) is 12.6 Å². The maximum Gasteiger partial charge on any atom is 0.417 e. The summed E-state index contributed by atoms with van der Waals surface area (Å²) in [6.45, 7) is 1.22. The Kier molecular flexibility index (Phi) is 6.76. The average Bonchev–Trinajstić information content (AvgIpc) is 2.60. The zero-order valence-corrected chi connectivity index (χ0v) is 14.5. The number of nitrogens with one attached hydrogen (secondary N) is 2. The van der Waals surface area contributed by atoms with E-state index in [1.165, 1.54) is 12.1 Å². The largest absolute Gasteiger partial charge is 0.417 e. The van der Waals surface area contributed by atoms with Crippen LogP contribution in [0.5, 0.6) is 0 Å². The number of hydrogen-bond acceptors (Lipinski definition) is 5. The smallest absolute Gasteiger partial charge is 0.385 e. The number of halogens is 4. The van der Waals surface area contributed by atoms with Crippen molar-refractivity contribution in [3.63, 3.8) is 0 Å². The van der Waals surface area contributed by atoms with Gasteiger partial charge in [0.25, 0.3) is 5.91 Å². The van der Waals surface area contributed by atoms with Gasteiger partial charge in [-0.2, -0.15) is 13.2 Å². The fourth-order valence-electron chi connectivity index (χ4n) is 2.00. The molecule has 0 spiro atoms. The van der Waals surface area contributed by atoms with E-state index in [1.807, 2.05) is 0 Å². The molecule has 26 heavy (non-hydrogen) atoms. The van der Waals surface area contributed by atoms with Crippen LogP contribution in [0.1, 0.15) is 22.5 Å². The van der Waals surface area contributed by atoms with Gasteiger partial charge in [-0.3, -0.25) is 4.79 Å². The zero-order chi connectivity index (χ0) is 19.2. The van der Waals surface area contributed by atoms with Gasteiger partial charge in [-0.1, -0.05) is 11.6 Å². The number of carbonyl (C=O) groups is 1. The summed E-state index contributed by atoms with van der Waals surface area (Å²) in [7, 11) is 1.60. The summed E-state index contributed by atoms with van der Waals surface area (Å²) in [5, 5.41) is 12.5. The predicted molar refractivity (Wildman–Crippen MR) is 91.4 cm³/mol. The number of aromatic nitrogens is 2. The SMILES string of the molecule is COCCCNc1ccc(C(=O)Nc2ccc(Cl)c(C(F)(F)F)c2)nn1. The molecule has 0 unspecified atom stereocenters. The summed E-state index contributed by atoms with van der Waals surface area (Å²) in [6, 6.07) is 6.08. The molecule has 2 rings (SSSR count). The van der Waals surface area contributed by atoms with E-state index >= 15 is 0 Å². The number of nitrogens with zero attached hydrogens (tertiary/aromatic N) is 2. The van der Waals surface area contributed by atoms with Crippen molar-refractivity contribution in [3.8, 4) is 0 Å². The third kappa shape index (κ3) is 5.57. The molecular formula is C16H16ClF3N4O2. The molecule has 2 N–H and O–H groups in total. The molecule has 1 heterocycles. The molecule has 0 aliphatic heterocycles. The van der Waals surface area contributed by atoms with E-state index in [1.54, 1.807) is 13.2 Å². The second-order valence-electron chi connectivity index (χ2n) is 5.22. The lowest BCUT2D eigenvalue weighted by Gasteiger charge is -2.11. The molecular weight excluding hydrogens is 373 g/mol. The van der Waals surface area contributed by atoms with Gasteiger partial charge in [-0.15, -0.1) is 10.2 Å². The predicted octanol–water partition coefficient (Wildman–Crippen LogP) is 3.85. The van der Waals surface area contributed by atoms with Crippen LogP contribution in [0.2, 0.25) is 5.02 Å². The number of hydrogen-bond donors (Lipinski definition) is 2. The van der Waals surface area contributed by atoms with Crippen LogP contribution in [0, 0.1) is 0 Å². The molecule has 1 amide bonds. The van der Waals surface area contributed by atoms with E-state index < -0.39 is 22.7 Å². The van der Waals surface area contributed by atoms with E-state index in [2.05, 4.69) is 20.8 Å². The molecule has 0 saturated carbocycles. The van der Waals surface area contributed by atoms with Crippen LogP contribution < -0.4 is 10.6 Å². The maximum absolute atomic E-state index is 12.8. The van der Waals surface area contributed by atoms with Gasteiger partial charge in [0, 0.05) is 25.9 Å². The van der Waals surface area contributed by atoms with Gasteiger partial charge >= 0.3 is 6.18 Å². The van der Waals surface area contributed by atoms with Crippen LogP contribution in [-0.4, -0.2) is 36.4 Å². The quantitative estimate of drug-likeness (QED) is 0.704. The molecule has 2 aromatic rings. The summed E-state index contributed by atoms with van der Waals surface area (Å²) in [4.78, 5) is 12.1. The topological polar surface area (TPSA) is 76.1 Å². The normalized spacial score (nSPS) is 11.3. The van der Waals surface area contributed by atoms with Crippen molar-refractivity contribution in [3.05, 3.63) is 46.6 Å². The average molecular weight is 389 g/mol. The Labute approximate surface area is 152 Å². The van der Waals surface area contributed by atoms with Crippen LogP contribution >= 0.6 is 11.6 Å². The van der Waals surface area contributed by atoms with E-state index in [9.17, 15) is 18.0 Å². The lowest BCUT2D eigenvalue weighted by Crippen LogP contribution is -2.16. The van der Waals surface area contributed by atoms with Crippen LogP contribution in [-0.2, 0) is 10.9 Å². The summed E-state index contributed by atoms with van der Waals surface area (Å²) in [6.07, 6.45) is -3.84. The molecule has 0 radical (unpaired) electrons. The van der Waals surface area contributed by atoms with Crippen molar-refractivity contribution in [1.82, 2.24) is 10.2 Å². The molecule has 0 bridgehead atoms. The van der Waals surface area contributed by atoms with E-state index in [0.717, 1.165) is 18.6 Å². The highest BCUT2D eigenvalue weighted by molar-refractivity contribution is 6.31. The summed E-state index contributed by atoms with van der Waals surface area (Å²) < 4.78 is 43.5. The summed E-state index contributed by atoms with van der Waals surface area (Å²) in [5.74, 6) is -0.206. The van der Waals surface area contributed by atoms with Gasteiger partial charge in [-0.05, 0) is 36.8 Å². The molecule has 0 fully saturated rings. The highest BCUT2D eigenvalue weighted by atomic mass is 35.5. The third-order valence-corrected chi connectivity index (χ3v) is 3.59. The van der Waals surface area contributed by atoms with Crippen LogP contribution in [0.15, 0.2) is 30.3 Å². The van der Waals surface area contributed by atoms with E-state index in [0.29, 0.717) is 19.0 Å². The Hall–Kier alpha value is -2.39. The highest BCUT2D eigenvalue weighted by Gasteiger charge is 2.33. The minimum absolute atomic E-state index is 0.0315. The van der Waals surface area contributed by atoms with Gasteiger partial charge in [0.05, 0.1) is 10.6 Å². The van der Waals surface area contributed by atoms with Crippen molar-refractivity contribution < 1.29 is 22.7 Å². The van der Waals surface area contributed by atoms with Crippen LogP contribution in [0.25, 0.3) is 0 Å². The minimum Gasteiger partial charge on any atom is -0.385 e. The number of amides is 1. The number of carbonyl (C=O) groups excluding carboxylic acids is 1. The Morgan fingerprint density at radius 2 is 2.00 bits per heavy atom. The number of alkyl halides is 3. The van der Waals surface area contributed by atoms with Crippen molar-refractivity contribution in [2.24, 2.45) is 0 Å². The molecule has 1 aromatic carbocycles. The molecule has 140 valence electrons. The summed E-state index contributed by atoms with van der Waals surface area (Å²) in [5.41, 5.74) is -1.11.